The van der Waals surface area contributed by atoms with Crippen molar-refractivity contribution in [1.82, 2.24) is 0 Å². The molecule has 0 aliphatic rings. The summed E-state index contributed by atoms with van der Waals surface area (Å²) in [7, 11) is 0. The summed E-state index contributed by atoms with van der Waals surface area (Å²) in [5.74, 6) is 0.141. The average molecular weight is 245 g/mol. The lowest BCUT2D eigenvalue weighted by Gasteiger charge is -2.13. The predicted octanol–water partition coefficient (Wildman–Crippen LogP) is 1.99. The molecule has 1 N–H and O–H groups in total. The Balaban J connectivity index is 2.21. The second-order valence-corrected chi connectivity index (χ2v) is 3.97. The van der Waals surface area contributed by atoms with Crippen molar-refractivity contribution in [1.29, 1.82) is 0 Å². The van der Waals surface area contributed by atoms with Crippen molar-refractivity contribution in [2.75, 3.05) is 11.9 Å². The highest BCUT2D eigenvalue weighted by atomic mass is 16.5. The molecule has 4 heteroatoms. The first-order valence-corrected chi connectivity index (χ1v) is 5.99. The Bertz CT molecular complexity index is 607. The average Bonchev–Trinajstić information content (AvgIpc) is 2.43. The predicted molar refractivity (Wildman–Crippen MR) is 71.6 cm³/mol. The molecule has 0 aliphatic heterocycles. The number of nitrogens with one attached hydrogen (secondary N) is 1. The van der Waals surface area contributed by atoms with Crippen LogP contribution in [0.15, 0.2) is 33.9 Å². The SMILES string of the molecule is CCOc1c(Nc2ccc(CC)cc2)c(=O)c1=O. The molecule has 0 fully saturated rings. The van der Waals surface area contributed by atoms with Crippen molar-refractivity contribution < 1.29 is 4.74 Å². The smallest absolute Gasteiger partial charge is 0.272 e. The summed E-state index contributed by atoms with van der Waals surface area (Å²) >= 11 is 0. The third-order valence-electron chi connectivity index (χ3n) is 2.79. The Kier molecular flexibility index (Phi) is 3.46. The summed E-state index contributed by atoms with van der Waals surface area (Å²) in [6.07, 6.45) is 0.963. The number of benzene rings is 1. The van der Waals surface area contributed by atoms with E-state index in [0.29, 0.717) is 6.61 Å². The summed E-state index contributed by atoms with van der Waals surface area (Å²) in [5.41, 5.74) is 1.18. The number of anilines is 2. The van der Waals surface area contributed by atoms with Crippen molar-refractivity contribution in [3.05, 3.63) is 50.3 Å². The molecule has 18 heavy (non-hydrogen) atoms. The summed E-state index contributed by atoms with van der Waals surface area (Å²) in [6.45, 7) is 4.22. The van der Waals surface area contributed by atoms with Gasteiger partial charge in [-0.25, -0.2) is 0 Å². The van der Waals surface area contributed by atoms with Gasteiger partial charge in [0.2, 0.25) is 0 Å². The number of aryl methyl sites for hydroxylation is 1. The number of rotatable bonds is 5. The van der Waals surface area contributed by atoms with Gasteiger partial charge in [-0.2, -0.15) is 0 Å². The molecule has 0 bridgehead atoms. The van der Waals surface area contributed by atoms with Gasteiger partial charge in [0.1, 0.15) is 5.69 Å². The normalized spacial score (nSPS) is 10.6. The lowest BCUT2D eigenvalue weighted by Crippen LogP contribution is -2.35. The Labute approximate surface area is 105 Å². The minimum atomic E-state index is -0.551. The molecule has 0 heterocycles. The van der Waals surface area contributed by atoms with Crippen LogP contribution in [-0.2, 0) is 6.42 Å². The van der Waals surface area contributed by atoms with E-state index in [0.717, 1.165) is 12.1 Å². The Morgan fingerprint density at radius 2 is 1.72 bits per heavy atom. The number of hydrogen-bond donors (Lipinski definition) is 1. The van der Waals surface area contributed by atoms with E-state index in [1.807, 2.05) is 24.3 Å². The summed E-state index contributed by atoms with van der Waals surface area (Å²) in [4.78, 5) is 22.7. The van der Waals surface area contributed by atoms with E-state index in [1.165, 1.54) is 5.56 Å². The molecule has 0 amide bonds. The van der Waals surface area contributed by atoms with Crippen LogP contribution in [0.25, 0.3) is 0 Å². The van der Waals surface area contributed by atoms with Crippen LogP contribution < -0.4 is 20.9 Å². The van der Waals surface area contributed by atoms with Crippen molar-refractivity contribution in [3.63, 3.8) is 0 Å². The zero-order valence-corrected chi connectivity index (χ0v) is 10.4. The van der Waals surface area contributed by atoms with Gasteiger partial charge in [-0.15, -0.1) is 0 Å². The Morgan fingerprint density at radius 1 is 1.06 bits per heavy atom. The van der Waals surface area contributed by atoms with Gasteiger partial charge in [-0.1, -0.05) is 19.1 Å². The van der Waals surface area contributed by atoms with E-state index >= 15 is 0 Å². The van der Waals surface area contributed by atoms with Crippen LogP contribution in [0.1, 0.15) is 19.4 Å². The zero-order valence-electron chi connectivity index (χ0n) is 10.4. The molecule has 2 aromatic carbocycles. The van der Waals surface area contributed by atoms with Crippen LogP contribution >= 0.6 is 0 Å². The van der Waals surface area contributed by atoms with Gasteiger partial charge >= 0.3 is 0 Å². The fourth-order valence-electron chi connectivity index (χ4n) is 1.73. The minimum absolute atomic E-state index is 0.141. The van der Waals surface area contributed by atoms with Gasteiger partial charge < -0.3 is 10.1 Å². The lowest BCUT2D eigenvalue weighted by molar-refractivity contribution is 0.335. The molecule has 0 saturated heterocycles. The molecule has 2 rings (SSSR count). The first kappa shape index (κ1) is 12.4. The Hall–Kier alpha value is -2.10. The zero-order chi connectivity index (χ0) is 13.1. The van der Waals surface area contributed by atoms with Gasteiger partial charge in [-0.3, -0.25) is 9.59 Å². The van der Waals surface area contributed by atoms with Gasteiger partial charge in [0.05, 0.1) is 6.61 Å². The lowest BCUT2D eigenvalue weighted by atomic mass is 10.1. The first-order valence-electron chi connectivity index (χ1n) is 5.99. The van der Waals surface area contributed by atoms with Crippen LogP contribution in [0, 0.1) is 0 Å². The van der Waals surface area contributed by atoms with E-state index in [9.17, 15) is 9.59 Å². The number of ether oxygens (including phenoxy) is 1. The third kappa shape index (κ3) is 2.14. The van der Waals surface area contributed by atoms with Gasteiger partial charge in [0.25, 0.3) is 10.9 Å². The molecular formula is C14H15NO3. The molecule has 94 valence electrons. The molecule has 0 spiro atoms. The second kappa shape index (κ2) is 5.04. The topological polar surface area (TPSA) is 55.4 Å². The van der Waals surface area contributed by atoms with Crippen LogP contribution in [0.4, 0.5) is 11.4 Å². The van der Waals surface area contributed by atoms with E-state index < -0.39 is 10.9 Å². The fourth-order valence-corrected chi connectivity index (χ4v) is 1.73. The largest absolute Gasteiger partial charge is 0.488 e. The van der Waals surface area contributed by atoms with Crippen molar-refractivity contribution in [2.45, 2.75) is 20.3 Å². The van der Waals surface area contributed by atoms with Crippen LogP contribution in [0.2, 0.25) is 0 Å². The minimum Gasteiger partial charge on any atom is -0.488 e. The van der Waals surface area contributed by atoms with Gasteiger partial charge in [0.15, 0.2) is 5.75 Å². The van der Waals surface area contributed by atoms with Crippen LogP contribution in [-0.4, -0.2) is 6.61 Å². The van der Waals surface area contributed by atoms with Gasteiger partial charge in [0, 0.05) is 5.69 Å². The highest BCUT2D eigenvalue weighted by Gasteiger charge is 2.22. The molecule has 0 unspecified atom stereocenters. The van der Waals surface area contributed by atoms with Crippen LogP contribution in [0.3, 0.4) is 0 Å². The van der Waals surface area contributed by atoms with E-state index in [-0.39, 0.29) is 11.4 Å². The molecule has 0 aromatic heterocycles. The van der Waals surface area contributed by atoms with E-state index in [2.05, 4.69) is 12.2 Å². The maximum atomic E-state index is 11.4. The second-order valence-electron chi connectivity index (χ2n) is 3.97. The maximum absolute atomic E-state index is 11.4. The quantitative estimate of drug-likeness (QED) is 0.818. The standard InChI is InChI=1S/C14H15NO3/c1-3-9-5-7-10(8-6-9)15-11-12(16)13(17)14(11)18-4-2/h5-8,15H,3-4H2,1-2H3. The summed E-state index contributed by atoms with van der Waals surface area (Å²) in [6, 6.07) is 7.72. The van der Waals surface area contributed by atoms with Crippen molar-refractivity contribution in [3.8, 4) is 5.75 Å². The molecule has 4 nitrogen and oxygen atoms in total. The van der Waals surface area contributed by atoms with Gasteiger partial charge in [-0.05, 0) is 31.0 Å². The third-order valence-corrected chi connectivity index (χ3v) is 2.79. The number of hydrogen-bond acceptors (Lipinski definition) is 4. The van der Waals surface area contributed by atoms with E-state index in [4.69, 9.17) is 4.74 Å². The molecule has 0 aliphatic carbocycles. The fraction of sp³-hybridized carbons (Fsp3) is 0.286. The molecule has 0 radical (unpaired) electrons. The maximum Gasteiger partial charge on any atom is 0.272 e. The highest BCUT2D eigenvalue weighted by molar-refractivity contribution is 5.69. The molecule has 0 atom stereocenters. The highest BCUT2D eigenvalue weighted by Crippen LogP contribution is 2.22. The summed E-state index contributed by atoms with van der Waals surface area (Å²) in [5, 5.41) is 2.93. The Morgan fingerprint density at radius 3 is 2.28 bits per heavy atom. The van der Waals surface area contributed by atoms with Crippen molar-refractivity contribution in [2.24, 2.45) is 0 Å². The molecular weight excluding hydrogens is 230 g/mol. The van der Waals surface area contributed by atoms with Crippen LogP contribution in [0.5, 0.6) is 5.75 Å². The summed E-state index contributed by atoms with van der Waals surface area (Å²) < 4.78 is 5.14. The van der Waals surface area contributed by atoms with E-state index in [1.54, 1.807) is 6.92 Å². The molecule has 2 aromatic rings. The molecule has 0 saturated carbocycles. The monoisotopic (exact) mass is 245 g/mol. The van der Waals surface area contributed by atoms with Crippen molar-refractivity contribution >= 4 is 11.4 Å². The first-order chi connectivity index (χ1) is 8.67.